The molecule has 1 atom stereocenters. The molecule has 3 nitrogen and oxygen atoms in total. The van der Waals surface area contributed by atoms with Gasteiger partial charge in [-0.05, 0) is 6.07 Å². The van der Waals surface area contributed by atoms with Crippen LogP contribution >= 0.6 is 24.2 Å². The molecule has 1 amide bonds. The third-order valence-electron chi connectivity index (χ3n) is 2.15. The molecule has 1 aliphatic rings. The maximum Gasteiger partial charge on any atom is 0.229 e. The largest absolute Gasteiger partial charge is 0.293 e. The van der Waals surface area contributed by atoms with Crippen LogP contribution in [0.4, 0.5) is 10.2 Å². The number of carbonyl (C=O) groups excluding carboxylic acids is 1. The van der Waals surface area contributed by atoms with E-state index in [9.17, 15) is 9.18 Å². The van der Waals surface area contributed by atoms with Gasteiger partial charge in [0.15, 0.2) is 11.6 Å². The van der Waals surface area contributed by atoms with Gasteiger partial charge in [-0.2, -0.15) is 12.6 Å². The predicted octanol–water partition coefficient (Wildman–Crippen LogP) is 1.91. The Morgan fingerprint density at radius 1 is 1.67 bits per heavy atom. The first kappa shape index (κ1) is 10.7. The van der Waals surface area contributed by atoms with Crippen molar-refractivity contribution in [2.24, 2.45) is 0 Å². The van der Waals surface area contributed by atoms with Crippen LogP contribution in [0, 0.1) is 5.82 Å². The van der Waals surface area contributed by atoms with Gasteiger partial charge < -0.3 is 0 Å². The molecular formula is C9H8ClFN2OS. The Hall–Kier alpha value is -0.810. The van der Waals surface area contributed by atoms with E-state index in [0.29, 0.717) is 13.0 Å². The summed E-state index contributed by atoms with van der Waals surface area (Å²) in [6.45, 7) is 0.382. The number of pyridine rings is 1. The van der Waals surface area contributed by atoms with Gasteiger partial charge in [-0.25, -0.2) is 9.37 Å². The third kappa shape index (κ3) is 2.08. The Kier molecular flexibility index (Phi) is 2.84. The first-order valence-corrected chi connectivity index (χ1v) is 5.27. The standard InChI is InChI=1S/C9H8ClFN2OS/c10-5-1-7(11)9(12-3-5)13-4-6(15)2-8(13)14/h1,3,6,15H,2,4H2. The fraction of sp³-hybridized carbons (Fsp3) is 0.333. The van der Waals surface area contributed by atoms with Crippen molar-refractivity contribution in [2.75, 3.05) is 11.4 Å². The lowest BCUT2D eigenvalue weighted by molar-refractivity contribution is -0.117. The average molecular weight is 247 g/mol. The summed E-state index contributed by atoms with van der Waals surface area (Å²) >= 11 is 9.74. The highest BCUT2D eigenvalue weighted by Gasteiger charge is 2.30. The minimum atomic E-state index is -0.585. The van der Waals surface area contributed by atoms with Crippen LogP contribution in [0.5, 0.6) is 0 Å². The lowest BCUT2D eigenvalue weighted by Crippen LogP contribution is -2.26. The van der Waals surface area contributed by atoms with E-state index < -0.39 is 5.82 Å². The number of thiol groups is 1. The van der Waals surface area contributed by atoms with E-state index in [4.69, 9.17) is 11.6 Å². The number of anilines is 1. The Bertz CT molecular complexity index is 415. The van der Waals surface area contributed by atoms with Gasteiger partial charge in [0.05, 0.1) is 5.02 Å². The van der Waals surface area contributed by atoms with E-state index in [1.807, 2.05) is 0 Å². The van der Waals surface area contributed by atoms with E-state index in [-0.39, 0.29) is 22.0 Å². The summed E-state index contributed by atoms with van der Waals surface area (Å²) in [6.07, 6.45) is 1.63. The van der Waals surface area contributed by atoms with Crippen molar-refractivity contribution in [2.45, 2.75) is 11.7 Å². The van der Waals surface area contributed by atoms with E-state index in [1.165, 1.54) is 11.1 Å². The van der Waals surface area contributed by atoms with Gasteiger partial charge >= 0.3 is 0 Å². The smallest absolute Gasteiger partial charge is 0.229 e. The summed E-state index contributed by atoms with van der Waals surface area (Å²) in [5, 5.41) is 0.152. The lowest BCUT2D eigenvalue weighted by atomic mass is 10.4. The first-order valence-electron chi connectivity index (χ1n) is 4.37. The molecule has 0 radical (unpaired) electrons. The van der Waals surface area contributed by atoms with Crippen molar-refractivity contribution in [3.8, 4) is 0 Å². The summed E-state index contributed by atoms with van der Waals surface area (Å²) < 4.78 is 13.4. The van der Waals surface area contributed by atoms with Crippen LogP contribution in [0.2, 0.25) is 5.02 Å². The van der Waals surface area contributed by atoms with Crippen LogP contribution in [-0.4, -0.2) is 22.7 Å². The zero-order valence-corrected chi connectivity index (χ0v) is 9.30. The molecule has 0 N–H and O–H groups in total. The quantitative estimate of drug-likeness (QED) is 0.768. The maximum atomic E-state index is 13.4. The number of halogens is 2. The zero-order chi connectivity index (χ0) is 11.0. The molecular weight excluding hydrogens is 239 g/mol. The van der Waals surface area contributed by atoms with E-state index in [0.717, 1.165) is 6.07 Å². The number of carbonyl (C=O) groups is 1. The van der Waals surface area contributed by atoms with E-state index >= 15 is 0 Å². The molecule has 15 heavy (non-hydrogen) atoms. The van der Waals surface area contributed by atoms with Crippen LogP contribution in [0.15, 0.2) is 12.3 Å². The molecule has 0 bridgehead atoms. The van der Waals surface area contributed by atoms with E-state index in [1.54, 1.807) is 0 Å². The van der Waals surface area contributed by atoms with Gasteiger partial charge in [0.2, 0.25) is 5.91 Å². The second-order valence-corrected chi connectivity index (χ2v) is 4.49. The van der Waals surface area contributed by atoms with E-state index in [2.05, 4.69) is 17.6 Å². The highest BCUT2D eigenvalue weighted by atomic mass is 35.5. The Balaban J connectivity index is 2.34. The minimum absolute atomic E-state index is 0.0287. The molecule has 2 rings (SSSR count). The molecule has 0 spiro atoms. The molecule has 1 unspecified atom stereocenters. The highest BCUT2D eigenvalue weighted by molar-refractivity contribution is 7.81. The van der Waals surface area contributed by atoms with Crippen LogP contribution < -0.4 is 4.90 Å². The van der Waals surface area contributed by atoms with Gasteiger partial charge in [0.25, 0.3) is 0 Å². The van der Waals surface area contributed by atoms with Crippen molar-refractivity contribution in [1.29, 1.82) is 0 Å². The van der Waals surface area contributed by atoms with Crippen molar-refractivity contribution in [3.05, 3.63) is 23.1 Å². The van der Waals surface area contributed by atoms with Gasteiger partial charge in [-0.15, -0.1) is 0 Å². The molecule has 1 aromatic heterocycles. The highest BCUT2D eigenvalue weighted by Crippen LogP contribution is 2.25. The number of aromatic nitrogens is 1. The van der Waals surface area contributed by atoms with Crippen LogP contribution in [-0.2, 0) is 4.79 Å². The summed E-state index contributed by atoms with van der Waals surface area (Å²) in [6, 6.07) is 1.14. The minimum Gasteiger partial charge on any atom is -0.293 e. The molecule has 6 heteroatoms. The number of nitrogens with zero attached hydrogens (tertiary/aromatic N) is 2. The van der Waals surface area contributed by atoms with Crippen molar-refractivity contribution >= 4 is 36.0 Å². The molecule has 1 aromatic rings. The topological polar surface area (TPSA) is 33.2 Å². The first-order chi connectivity index (χ1) is 7.08. The Labute approximate surface area is 96.7 Å². The van der Waals surface area contributed by atoms with Crippen LogP contribution in [0.1, 0.15) is 6.42 Å². The zero-order valence-electron chi connectivity index (χ0n) is 7.65. The number of hydrogen-bond donors (Lipinski definition) is 1. The molecule has 0 aliphatic carbocycles. The molecule has 2 heterocycles. The number of rotatable bonds is 1. The summed E-state index contributed by atoms with van der Waals surface area (Å²) in [5.41, 5.74) is 0. The van der Waals surface area contributed by atoms with Crippen molar-refractivity contribution in [3.63, 3.8) is 0 Å². The molecule has 1 aliphatic heterocycles. The third-order valence-corrected chi connectivity index (χ3v) is 2.70. The fourth-order valence-electron chi connectivity index (χ4n) is 1.50. The molecule has 0 saturated carbocycles. The van der Waals surface area contributed by atoms with Crippen LogP contribution in [0.3, 0.4) is 0 Å². The number of amides is 1. The molecule has 0 aromatic carbocycles. The molecule has 1 saturated heterocycles. The Morgan fingerprint density at radius 3 is 2.93 bits per heavy atom. The molecule has 1 fully saturated rings. The van der Waals surface area contributed by atoms with Crippen LogP contribution in [0.25, 0.3) is 0 Å². The predicted molar refractivity (Wildman–Crippen MR) is 58.9 cm³/mol. The monoisotopic (exact) mass is 246 g/mol. The second-order valence-electron chi connectivity index (χ2n) is 3.32. The van der Waals surface area contributed by atoms with Crippen molar-refractivity contribution in [1.82, 2.24) is 4.98 Å². The normalized spacial score (nSPS) is 21.1. The van der Waals surface area contributed by atoms with Gasteiger partial charge in [0, 0.05) is 24.4 Å². The lowest BCUT2D eigenvalue weighted by Gasteiger charge is -2.15. The fourth-order valence-corrected chi connectivity index (χ4v) is 1.96. The van der Waals surface area contributed by atoms with Gasteiger partial charge in [0.1, 0.15) is 0 Å². The Morgan fingerprint density at radius 2 is 2.40 bits per heavy atom. The SMILES string of the molecule is O=C1CC(S)CN1c1ncc(Cl)cc1F. The van der Waals surface area contributed by atoms with Crippen molar-refractivity contribution < 1.29 is 9.18 Å². The van der Waals surface area contributed by atoms with Gasteiger partial charge in [-0.3, -0.25) is 9.69 Å². The second kappa shape index (κ2) is 3.98. The van der Waals surface area contributed by atoms with Gasteiger partial charge in [-0.1, -0.05) is 11.6 Å². The maximum absolute atomic E-state index is 13.4. The summed E-state index contributed by atoms with van der Waals surface area (Å²) in [5.74, 6) is -0.719. The molecule has 80 valence electrons. The average Bonchev–Trinajstić information content (AvgIpc) is 2.45. The number of hydrogen-bond acceptors (Lipinski definition) is 3. The summed E-state index contributed by atoms with van der Waals surface area (Å²) in [4.78, 5) is 16.6. The summed E-state index contributed by atoms with van der Waals surface area (Å²) in [7, 11) is 0.